The molecule has 1 amide bonds. The molecule has 1 aliphatic heterocycles. The minimum absolute atomic E-state index is 0.102. The summed E-state index contributed by atoms with van der Waals surface area (Å²) in [5, 5.41) is 0. The number of benzene rings is 2. The summed E-state index contributed by atoms with van der Waals surface area (Å²) in [6, 6.07) is 17.2. The minimum atomic E-state index is -0.102. The van der Waals surface area contributed by atoms with Gasteiger partial charge in [0.25, 0.3) is 5.91 Å². The summed E-state index contributed by atoms with van der Waals surface area (Å²) >= 11 is 0. The van der Waals surface area contributed by atoms with Crippen molar-refractivity contribution in [1.29, 1.82) is 0 Å². The largest absolute Gasteiger partial charge is 0.497 e. The second kappa shape index (κ2) is 5.85. The zero-order valence-electron chi connectivity index (χ0n) is 12.5. The van der Waals surface area contributed by atoms with Crippen molar-refractivity contribution >= 4 is 17.8 Å². The second-order valence-corrected chi connectivity index (χ2v) is 4.97. The minimum Gasteiger partial charge on any atom is -0.497 e. The van der Waals surface area contributed by atoms with Gasteiger partial charge in [0.2, 0.25) is 0 Å². The molecule has 110 valence electrons. The Morgan fingerprint density at radius 3 is 2.36 bits per heavy atom. The summed E-state index contributed by atoms with van der Waals surface area (Å²) in [6.07, 6.45) is 1.79. The zero-order valence-corrected chi connectivity index (χ0v) is 12.5. The molecule has 0 fully saturated rings. The first-order chi connectivity index (χ1) is 10.7. The van der Waals surface area contributed by atoms with Gasteiger partial charge in [-0.2, -0.15) is 0 Å². The number of nitrogens with zero attached hydrogens (tertiary/aromatic N) is 2. The highest BCUT2D eigenvalue weighted by Crippen LogP contribution is 2.21. The fraction of sp³-hybridized carbons (Fsp3) is 0.111. The number of hydrogen-bond acceptors (Lipinski definition) is 3. The van der Waals surface area contributed by atoms with E-state index in [9.17, 15) is 4.79 Å². The fourth-order valence-corrected chi connectivity index (χ4v) is 2.30. The number of hydrogen-bond donors (Lipinski definition) is 0. The van der Waals surface area contributed by atoms with Crippen molar-refractivity contribution in [3.05, 3.63) is 71.4 Å². The lowest BCUT2D eigenvalue weighted by atomic mass is 10.2. The molecule has 2 aromatic carbocycles. The van der Waals surface area contributed by atoms with Crippen LogP contribution in [0.3, 0.4) is 0 Å². The first kappa shape index (κ1) is 14.1. The number of methoxy groups -OCH3 is 1. The zero-order chi connectivity index (χ0) is 15.5. The van der Waals surface area contributed by atoms with E-state index in [1.54, 1.807) is 25.1 Å². The summed E-state index contributed by atoms with van der Waals surface area (Å²) in [4.78, 5) is 18.4. The molecule has 0 N–H and O–H groups in total. The molecule has 2 aromatic rings. The van der Waals surface area contributed by atoms with Crippen molar-refractivity contribution in [3.63, 3.8) is 0 Å². The predicted molar refractivity (Wildman–Crippen MR) is 86.7 cm³/mol. The van der Waals surface area contributed by atoms with Gasteiger partial charge in [-0.3, -0.25) is 9.69 Å². The molecule has 1 heterocycles. The molecule has 0 unspecified atom stereocenters. The standard InChI is InChI=1S/C18H16N2O2/c1-20-17(14-6-4-3-5-7-14)19-16(18(20)21)12-13-8-10-15(22-2)11-9-13/h3-12H,1-2H3/b16-12-. The number of carbonyl (C=O) groups excluding carboxylic acids is 1. The van der Waals surface area contributed by atoms with Gasteiger partial charge in [-0.15, -0.1) is 0 Å². The Kier molecular flexibility index (Phi) is 3.74. The van der Waals surface area contributed by atoms with Crippen LogP contribution in [0.25, 0.3) is 6.08 Å². The van der Waals surface area contributed by atoms with Crippen LogP contribution in [0.15, 0.2) is 65.3 Å². The molecule has 22 heavy (non-hydrogen) atoms. The Morgan fingerprint density at radius 2 is 1.73 bits per heavy atom. The molecule has 0 aromatic heterocycles. The topological polar surface area (TPSA) is 41.9 Å². The molecule has 0 atom stereocenters. The van der Waals surface area contributed by atoms with Crippen LogP contribution in [0.4, 0.5) is 0 Å². The van der Waals surface area contributed by atoms with Crippen LogP contribution >= 0.6 is 0 Å². The third-order valence-corrected chi connectivity index (χ3v) is 3.52. The number of amides is 1. The molecular formula is C18H16N2O2. The van der Waals surface area contributed by atoms with Crippen LogP contribution in [0.5, 0.6) is 5.75 Å². The van der Waals surface area contributed by atoms with Gasteiger partial charge in [0.15, 0.2) is 0 Å². The third-order valence-electron chi connectivity index (χ3n) is 3.52. The molecule has 0 aliphatic carbocycles. The van der Waals surface area contributed by atoms with Gasteiger partial charge in [-0.25, -0.2) is 4.99 Å². The molecule has 0 saturated heterocycles. The van der Waals surface area contributed by atoms with Crippen LogP contribution in [0.2, 0.25) is 0 Å². The first-order valence-corrected chi connectivity index (χ1v) is 6.97. The number of carbonyl (C=O) groups is 1. The van der Waals surface area contributed by atoms with Gasteiger partial charge in [-0.05, 0) is 23.8 Å². The maximum atomic E-state index is 12.3. The van der Waals surface area contributed by atoms with Crippen LogP contribution in [0.1, 0.15) is 11.1 Å². The van der Waals surface area contributed by atoms with E-state index >= 15 is 0 Å². The van der Waals surface area contributed by atoms with Gasteiger partial charge in [0.1, 0.15) is 17.3 Å². The molecule has 0 spiro atoms. The Labute approximate surface area is 129 Å². The number of likely N-dealkylation sites (N-methyl/N-ethyl adjacent to an activating group) is 1. The Hall–Kier alpha value is -2.88. The average molecular weight is 292 g/mol. The monoisotopic (exact) mass is 292 g/mol. The van der Waals surface area contributed by atoms with E-state index in [4.69, 9.17) is 4.74 Å². The van der Waals surface area contributed by atoms with E-state index in [-0.39, 0.29) is 5.91 Å². The number of aliphatic imine (C=N–C) groups is 1. The Bertz CT molecular complexity index is 746. The van der Waals surface area contributed by atoms with Gasteiger partial charge in [0, 0.05) is 12.6 Å². The maximum Gasteiger partial charge on any atom is 0.277 e. The molecule has 0 radical (unpaired) electrons. The summed E-state index contributed by atoms with van der Waals surface area (Å²) in [7, 11) is 3.36. The molecule has 0 bridgehead atoms. The molecule has 0 saturated carbocycles. The Balaban J connectivity index is 1.94. The van der Waals surface area contributed by atoms with Crippen LogP contribution in [0, 0.1) is 0 Å². The summed E-state index contributed by atoms with van der Waals surface area (Å²) in [6.45, 7) is 0. The lowest BCUT2D eigenvalue weighted by molar-refractivity contribution is -0.121. The normalized spacial score (nSPS) is 16.1. The van der Waals surface area contributed by atoms with Gasteiger partial charge in [0.05, 0.1) is 7.11 Å². The molecular weight excluding hydrogens is 276 g/mol. The molecule has 1 aliphatic rings. The third kappa shape index (κ3) is 2.63. The number of ether oxygens (including phenoxy) is 1. The van der Waals surface area contributed by atoms with E-state index in [0.717, 1.165) is 16.9 Å². The van der Waals surface area contributed by atoms with Crippen LogP contribution in [-0.4, -0.2) is 30.8 Å². The highest BCUT2D eigenvalue weighted by atomic mass is 16.5. The lowest BCUT2D eigenvalue weighted by Crippen LogP contribution is -2.28. The van der Waals surface area contributed by atoms with Gasteiger partial charge >= 0.3 is 0 Å². The SMILES string of the molecule is COc1ccc(/C=C2\N=C(c3ccccc3)N(C)C2=O)cc1. The van der Waals surface area contributed by atoms with Crippen molar-refractivity contribution in [2.45, 2.75) is 0 Å². The maximum absolute atomic E-state index is 12.3. The average Bonchev–Trinajstić information content (AvgIpc) is 2.85. The molecule has 3 rings (SSSR count). The van der Waals surface area contributed by atoms with Crippen molar-refractivity contribution in [1.82, 2.24) is 4.90 Å². The molecule has 4 nitrogen and oxygen atoms in total. The van der Waals surface area contributed by atoms with Crippen LogP contribution in [-0.2, 0) is 4.79 Å². The van der Waals surface area contributed by atoms with Crippen molar-refractivity contribution in [2.24, 2.45) is 4.99 Å². The fourth-order valence-electron chi connectivity index (χ4n) is 2.30. The van der Waals surface area contributed by atoms with E-state index in [1.165, 1.54) is 0 Å². The predicted octanol–water partition coefficient (Wildman–Crippen LogP) is 2.95. The first-order valence-electron chi connectivity index (χ1n) is 6.97. The number of amidine groups is 1. The van der Waals surface area contributed by atoms with Gasteiger partial charge < -0.3 is 4.74 Å². The van der Waals surface area contributed by atoms with Crippen LogP contribution < -0.4 is 4.74 Å². The van der Waals surface area contributed by atoms with Crippen molar-refractivity contribution in [2.75, 3.05) is 14.2 Å². The summed E-state index contributed by atoms with van der Waals surface area (Å²) in [5.74, 6) is 1.35. The van der Waals surface area contributed by atoms with Gasteiger partial charge in [-0.1, -0.05) is 42.5 Å². The quantitative estimate of drug-likeness (QED) is 0.816. The highest BCUT2D eigenvalue weighted by Gasteiger charge is 2.27. The van der Waals surface area contributed by atoms with E-state index in [1.807, 2.05) is 54.6 Å². The Morgan fingerprint density at radius 1 is 1.05 bits per heavy atom. The van der Waals surface area contributed by atoms with E-state index in [2.05, 4.69) is 4.99 Å². The smallest absolute Gasteiger partial charge is 0.277 e. The summed E-state index contributed by atoms with van der Waals surface area (Å²) in [5.41, 5.74) is 2.28. The summed E-state index contributed by atoms with van der Waals surface area (Å²) < 4.78 is 5.13. The second-order valence-electron chi connectivity index (χ2n) is 4.97. The van der Waals surface area contributed by atoms with E-state index < -0.39 is 0 Å². The van der Waals surface area contributed by atoms with Crippen molar-refractivity contribution in [3.8, 4) is 5.75 Å². The van der Waals surface area contributed by atoms with E-state index in [0.29, 0.717) is 11.5 Å². The lowest BCUT2D eigenvalue weighted by Gasteiger charge is -2.11. The number of rotatable bonds is 3. The molecule has 4 heteroatoms. The highest BCUT2D eigenvalue weighted by molar-refractivity contribution is 6.19. The van der Waals surface area contributed by atoms with Crippen molar-refractivity contribution < 1.29 is 9.53 Å².